The Balaban J connectivity index is 1.49. The van der Waals surface area contributed by atoms with Crippen molar-refractivity contribution in [3.8, 4) is 0 Å². The molecule has 4 aliphatic rings. The molecule has 0 aliphatic carbocycles. The second-order valence-electron chi connectivity index (χ2n) is 7.54. The van der Waals surface area contributed by atoms with Crippen LogP contribution in [0.25, 0.3) is 0 Å². The number of ether oxygens (including phenoxy) is 2. The SMILES string of the molecule is CCOCCN1C[C@]23C=C[C@H](O2)[C@@H](C(=O)N2CCC(F)(F)CC2)[C@H]3C1=O. The number of carbonyl (C=O) groups excluding carboxylic acids is 2. The van der Waals surface area contributed by atoms with Crippen molar-refractivity contribution in [2.45, 2.75) is 37.4 Å². The van der Waals surface area contributed by atoms with Crippen molar-refractivity contribution in [2.75, 3.05) is 39.4 Å². The molecule has 4 rings (SSSR count). The van der Waals surface area contributed by atoms with Gasteiger partial charge in [-0.2, -0.15) is 0 Å². The summed E-state index contributed by atoms with van der Waals surface area (Å²) in [5, 5.41) is 0. The van der Waals surface area contributed by atoms with Crippen LogP contribution in [0.15, 0.2) is 12.2 Å². The summed E-state index contributed by atoms with van der Waals surface area (Å²) in [5.41, 5.74) is -0.756. The third-order valence-corrected chi connectivity index (χ3v) is 5.98. The van der Waals surface area contributed by atoms with Crippen LogP contribution in [0.5, 0.6) is 0 Å². The van der Waals surface area contributed by atoms with Crippen LogP contribution in [0.4, 0.5) is 8.78 Å². The molecule has 2 amide bonds. The first-order valence-electron chi connectivity index (χ1n) is 9.27. The first kappa shape index (κ1) is 17.9. The van der Waals surface area contributed by atoms with Gasteiger partial charge in [-0.25, -0.2) is 8.78 Å². The minimum absolute atomic E-state index is 0.0285. The molecule has 2 bridgehead atoms. The second kappa shape index (κ2) is 6.27. The van der Waals surface area contributed by atoms with E-state index >= 15 is 0 Å². The van der Waals surface area contributed by atoms with Crippen molar-refractivity contribution in [3.05, 3.63) is 12.2 Å². The highest BCUT2D eigenvalue weighted by molar-refractivity contribution is 5.93. The molecular formula is C18H24F2N2O4. The molecule has 144 valence electrons. The van der Waals surface area contributed by atoms with E-state index in [0.29, 0.717) is 26.3 Å². The van der Waals surface area contributed by atoms with E-state index in [1.54, 1.807) is 4.90 Å². The normalized spacial score (nSPS) is 37.5. The highest BCUT2D eigenvalue weighted by atomic mass is 19.3. The maximum Gasteiger partial charge on any atom is 0.251 e. The zero-order valence-corrected chi connectivity index (χ0v) is 14.8. The monoisotopic (exact) mass is 370 g/mol. The molecule has 0 aromatic carbocycles. The molecule has 4 heterocycles. The molecular weight excluding hydrogens is 346 g/mol. The third-order valence-electron chi connectivity index (χ3n) is 5.98. The number of rotatable bonds is 5. The number of fused-ring (bicyclic) bond motifs is 1. The van der Waals surface area contributed by atoms with Gasteiger partial charge in [-0.05, 0) is 6.92 Å². The Hall–Kier alpha value is -1.54. The summed E-state index contributed by atoms with van der Waals surface area (Å²) in [5.74, 6) is -4.22. The summed E-state index contributed by atoms with van der Waals surface area (Å²) < 4.78 is 38.2. The number of amides is 2. The number of likely N-dealkylation sites (tertiary alicyclic amines) is 2. The second-order valence-corrected chi connectivity index (χ2v) is 7.54. The Morgan fingerprint density at radius 2 is 2.12 bits per heavy atom. The van der Waals surface area contributed by atoms with E-state index in [2.05, 4.69) is 0 Å². The average molecular weight is 370 g/mol. The molecule has 3 saturated heterocycles. The average Bonchev–Trinajstić information content (AvgIpc) is 3.23. The van der Waals surface area contributed by atoms with Gasteiger partial charge in [0.1, 0.15) is 5.60 Å². The van der Waals surface area contributed by atoms with E-state index in [1.807, 2.05) is 19.1 Å². The van der Waals surface area contributed by atoms with Gasteiger partial charge in [0.05, 0.1) is 31.1 Å². The maximum atomic E-state index is 13.4. The fourth-order valence-corrected chi connectivity index (χ4v) is 4.63. The van der Waals surface area contributed by atoms with E-state index in [1.165, 1.54) is 4.90 Å². The van der Waals surface area contributed by atoms with Gasteiger partial charge >= 0.3 is 0 Å². The fourth-order valence-electron chi connectivity index (χ4n) is 4.63. The molecule has 0 radical (unpaired) electrons. The topological polar surface area (TPSA) is 59.1 Å². The molecule has 0 N–H and O–H groups in total. The number of alkyl halides is 2. The van der Waals surface area contributed by atoms with Crippen LogP contribution < -0.4 is 0 Å². The molecule has 0 aromatic heterocycles. The summed E-state index contributed by atoms with van der Waals surface area (Å²) in [4.78, 5) is 29.1. The number of nitrogens with zero attached hydrogens (tertiary/aromatic N) is 2. The molecule has 0 saturated carbocycles. The standard InChI is InChI=1S/C18H24F2N2O4/c1-2-25-10-9-22-11-17-4-3-12(26-17)13(14(17)16(22)24)15(23)21-7-5-18(19,20)6-8-21/h3-4,12-14H,2,5-11H2,1H3/t12-,13+,14-,17-/m0/s1. The van der Waals surface area contributed by atoms with Crippen LogP contribution in [0.2, 0.25) is 0 Å². The minimum Gasteiger partial charge on any atom is -0.380 e. The summed E-state index contributed by atoms with van der Waals surface area (Å²) in [6.45, 7) is 3.85. The number of halogens is 2. The van der Waals surface area contributed by atoms with Gasteiger partial charge in [0.15, 0.2) is 0 Å². The summed E-state index contributed by atoms with van der Waals surface area (Å²) in [6.07, 6.45) is 2.66. The number of hydrogen-bond acceptors (Lipinski definition) is 4. The smallest absolute Gasteiger partial charge is 0.251 e. The predicted octanol–water partition coefficient (Wildman–Crippen LogP) is 1.06. The Morgan fingerprint density at radius 1 is 1.38 bits per heavy atom. The van der Waals surface area contributed by atoms with Crippen LogP contribution in [-0.4, -0.2) is 78.6 Å². The Kier molecular flexibility index (Phi) is 4.30. The molecule has 1 spiro atoms. The first-order valence-corrected chi connectivity index (χ1v) is 9.27. The Morgan fingerprint density at radius 3 is 2.81 bits per heavy atom. The third kappa shape index (κ3) is 2.74. The summed E-state index contributed by atoms with van der Waals surface area (Å²) in [7, 11) is 0. The van der Waals surface area contributed by atoms with E-state index in [9.17, 15) is 18.4 Å². The minimum atomic E-state index is -2.71. The lowest BCUT2D eigenvalue weighted by Gasteiger charge is -2.35. The van der Waals surface area contributed by atoms with Gasteiger partial charge in [-0.1, -0.05) is 12.2 Å². The van der Waals surface area contributed by atoms with Crippen LogP contribution in [0.3, 0.4) is 0 Å². The van der Waals surface area contributed by atoms with Crippen molar-refractivity contribution < 1.29 is 27.8 Å². The van der Waals surface area contributed by atoms with Crippen LogP contribution >= 0.6 is 0 Å². The van der Waals surface area contributed by atoms with Crippen LogP contribution in [-0.2, 0) is 19.1 Å². The van der Waals surface area contributed by atoms with E-state index in [0.717, 1.165) is 0 Å². The first-order chi connectivity index (χ1) is 12.4. The fraction of sp³-hybridized carbons (Fsp3) is 0.778. The van der Waals surface area contributed by atoms with Gasteiger partial charge in [0.2, 0.25) is 11.8 Å². The highest BCUT2D eigenvalue weighted by Crippen LogP contribution is 2.52. The van der Waals surface area contributed by atoms with Crippen molar-refractivity contribution >= 4 is 11.8 Å². The van der Waals surface area contributed by atoms with Crippen LogP contribution in [0.1, 0.15) is 19.8 Å². The molecule has 0 aromatic rings. The lowest BCUT2D eigenvalue weighted by molar-refractivity contribution is -0.147. The van der Waals surface area contributed by atoms with Crippen molar-refractivity contribution in [3.63, 3.8) is 0 Å². The van der Waals surface area contributed by atoms with Gasteiger partial charge in [0.25, 0.3) is 5.92 Å². The molecule has 4 aliphatic heterocycles. The summed E-state index contributed by atoms with van der Waals surface area (Å²) in [6, 6.07) is 0. The number of piperidine rings is 1. The summed E-state index contributed by atoms with van der Waals surface area (Å²) >= 11 is 0. The maximum absolute atomic E-state index is 13.4. The number of hydrogen-bond donors (Lipinski definition) is 0. The van der Waals surface area contributed by atoms with Gasteiger partial charge in [-0.3, -0.25) is 9.59 Å². The zero-order chi connectivity index (χ0) is 18.5. The number of carbonyl (C=O) groups is 2. The van der Waals surface area contributed by atoms with Crippen molar-refractivity contribution in [1.29, 1.82) is 0 Å². The molecule has 4 atom stereocenters. The predicted molar refractivity (Wildman–Crippen MR) is 87.6 cm³/mol. The van der Waals surface area contributed by atoms with Crippen molar-refractivity contribution in [1.82, 2.24) is 9.80 Å². The lowest BCUT2D eigenvalue weighted by atomic mass is 9.76. The van der Waals surface area contributed by atoms with Gasteiger partial charge in [-0.15, -0.1) is 0 Å². The van der Waals surface area contributed by atoms with E-state index in [4.69, 9.17) is 9.47 Å². The molecule has 0 unspecified atom stereocenters. The van der Waals surface area contributed by atoms with Crippen molar-refractivity contribution in [2.24, 2.45) is 11.8 Å². The van der Waals surface area contributed by atoms with E-state index < -0.39 is 29.5 Å². The van der Waals surface area contributed by atoms with Crippen LogP contribution in [0, 0.1) is 11.8 Å². The molecule has 3 fully saturated rings. The zero-order valence-electron chi connectivity index (χ0n) is 14.8. The highest BCUT2D eigenvalue weighted by Gasteiger charge is 2.67. The Labute approximate surface area is 151 Å². The molecule has 6 nitrogen and oxygen atoms in total. The van der Waals surface area contributed by atoms with Gasteiger partial charge in [0, 0.05) is 39.1 Å². The molecule has 8 heteroatoms. The molecule has 26 heavy (non-hydrogen) atoms. The lowest BCUT2D eigenvalue weighted by Crippen LogP contribution is -2.50. The largest absolute Gasteiger partial charge is 0.380 e. The quantitative estimate of drug-likeness (QED) is 0.537. The van der Waals surface area contributed by atoms with E-state index in [-0.39, 0.29) is 37.7 Å². The van der Waals surface area contributed by atoms with Gasteiger partial charge < -0.3 is 19.3 Å². The Bertz CT molecular complexity index is 631.